The number of sulfonamides is 1. The molecule has 25 heavy (non-hydrogen) atoms. The number of nitrogens with zero attached hydrogens (tertiary/aromatic N) is 2. The third kappa shape index (κ3) is 4.76. The van der Waals surface area contributed by atoms with E-state index in [-0.39, 0.29) is 56.1 Å². The van der Waals surface area contributed by atoms with Crippen molar-refractivity contribution < 1.29 is 26.4 Å². The number of amides is 1. The first-order valence-corrected chi connectivity index (χ1v) is 8.74. The Morgan fingerprint density at radius 2 is 1.76 bits per heavy atom. The molecule has 0 aliphatic carbocycles. The van der Waals surface area contributed by atoms with E-state index >= 15 is 0 Å². The highest BCUT2D eigenvalue weighted by Crippen LogP contribution is 2.34. The van der Waals surface area contributed by atoms with Gasteiger partial charge in [-0.05, 0) is 18.2 Å². The van der Waals surface area contributed by atoms with Crippen molar-refractivity contribution in [2.45, 2.75) is 11.1 Å². The van der Waals surface area contributed by atoms with E-state index in [0.29, 0.717) is 6.07 Å². The van der Waals surface area contributed by atoms with E-state index in [1.807, 2.05) is 0 Å². The van der Waals surface area contributed by atoms with Crippen LogP contribution in [0.1, 0.15) is 5.56 Å². The molecule has 0 saturated carbocycles. The minimum atomic E-state index is -4.68. The Morgan fingerprint density at radius 3 is 2.24 bits per heavy atom. The van der Waals surface area contributed by atoms with Crippen molar-refractivity contribution in [1.29, 1.82) is 0 Å². The number of hydrogen-bond acceptors (Lipinski definition) is 4. The largest absolute Gasteiger partial charge is 0.416 e. The van der Waals surface area contributed by atoms with Crippen molar-refractivity contribution in [3.05, 3.63) is 28.8 Å². The van der Waals surface area contributed by atoms with Crippen LogP contribution in [-0.2, 0) is 21.0 Å². The van der Waals surface area contributed by atoms with E-state index in [1.54, 1.807) is 0 Å². The van der Waals surface area contributed by atoms with Crippen LogP contribution < -0.4 is 5.73 Å². The molecule has 1 aromatic carbocycles. The van der Waals surface area contributed by atoms with Crippen LogP contribution in [0, 0.1) is 0 Å². The van der Waals surface area contributed by atoms with Gasteiger partial charge in [-0.25, -0.2) is 8.42 Å². The zero-order valence-electron chi connectivity index (χ0n) is 12.8. The first-order valence-electron chi connectivity index (χ1n) is 6.92. The molecule has 0 unspecified atom stereocenters. The highest BCUT2D eigenvalue weighted by atomic mass is 35.5. The van der Waals surface area contributed by atoms with Gasteiger partial charge in [0, 0.05) is 26.2 Å². The fourth-order valence-electron chi connectivity index (χ4n) is 2.32. The Kier molecular flexibility index (Phi) is 7.11. The molecular formula is C13H16Cl2F3N3O3S. The second kappa shape index (κ2) is 8.09. The molecule has 2 rings (SSSR count). The molecule has 1 aromatic rings. The number of hydrogen-bond donors (Lipinski definition) is 1. The number of rotatable bonds is 3. The van der Waals surface area contributed by atoms with Crippen LogP contribution in [0.15, 0.2) is 23.1 Å². The number of carbonyl (C=O) groups is 1. The van der Waals surface area contributed by atoms with Gasteiger partial charge in [-0.2, -0.15) is 17.5 Å². The minimum absolute atomic E-state index is 0. The number of piperazine rings is 1. The smallest absolute Gasteiger partial charge is 0.339 e. The van der Waals surface area contributed by atoms with Crippen molar-refractivity contribution in [2.75, 3.05) is 32.7 Å². The standard InChI is InChI=1S/C13H15ClF3N3O3S.ClH/c14-10-2-1-9(13(15,16)17)7-11(10)24(22,23)20-5-3-19(4-6-20)12(21)8-18;/h1-2,7H,3-6,8,18H2;1H. The monoisotopic (exact) mass is 421 g/mol. The highest BCUT2D eigenvalue weighted by Gasteiger charge is 2.35. The molecule has 142 valence electrons. The maximum absolute atomic E-state index is 12.8. The number of benzene rings is 1. The van der Waals surface area contributed by atoms with Gasteiger partial charge in [-0.15, -0.1) is 12.4 Å². The molecule has 0 atom stereocenters. The van der Waals surface area contributed by atoms with Gasteiger partial charge in [-0.3, -0.25) is 4.79 Å². The fourth-order valence-corrected chi connectivity index (χ4v) is 4.25. The Bertz CT molecular complexity index is 736. The number of halogens is 5. The fraction of sp³-hybridized carbons (Fsp3) is 0.462. The summed E-state index contributed by atoms with van der Waals surface area (Å²) in [6.07, 6.45) is -4.68. The molecule has 0 aromatic heterocycles. The molecule has 1 saturated heterocycles. The predicted octanol–water partition coefficient (Wildman–Crippen LogP) is 1.57. The van der Waals surface area contributed by atoms with E-state index in [1.165, 1.54) is 4.90 Å². The summed E-state index contributed by atoms with van der Waals surface area (Å²) < 4.78 is 64.6. The SMILES string of the molecule is Cl.NCC(=O)N1CCN(S(=O)(=O)c2cc(C(F)(F)F)ccc2Cl)CC1. The van der Waals surface area contributed by atoms with Crippen LogP contribution in [0.3, 0.4) is 0 Å². The number of alkyl halides is 3. The number of nitrogens with two attached hydrogens (primary N) is 1. The van der Waals surface area contributed by atoms with E-state index < -0.39 is 26.7 Å². The third-order valence-electron chi connectivity index (χ3n) is 3.64. The first-order chi connectivity index (χ1) is 11.1. The van der Waals surface area contributed by atoms with Gasteiger partial charge >= 0.3 is 6.18 Å². The summed E-state index contributed by atoms with van der Waals surface area (Å²) in [5, 5.41) is -0.288. The average molecular weight is 422 g/mol. The summed E-state index contributed by atoms with van der Waals surface area (Å²) >= 11 is 5.80. The molecule has 1 aliphatic rings. The molecule has 2 N–H and O–H groups in total. The lowest BCUT2D eigenvalue weighted by Gasteiger charge is -2.34. The van der Waals surface area contributed by atoms with Crippen LogP contribution in [-0.4, -0.2) is 56.3 Å². The van der Waals surface area contributed by atoms with Crippen molar-refractivity contribution >= 4 is 39.9 Å². The molecule has 6 nitrogen and oxygen atoms in total. The van der Waals surface area contributed by atoms with Crippen molar-refractivity contribution in [3.63, 3.8) is 0 Å². The molecule has 1 fully saturated rings. The predicted molar refractivity (Wildman–Crippen MR) is 88.1 cm³/mol. The third-order valence-corrected chi connectivity index (χ3v) is 6.02. The highest BCUT2D eigenvalue weighted by molar-refractivity contribution is 7.89. The normalized spacial score (nSPS) is 16.4. The molecule has 0 radical (unpaired) electrons. The average Bonchev–Trinajstić information content (AvgIpc) is 2.53. The van der Waals surface area contributed by atoms with Crippen molar-refractivity contribution in [2.24, 2.45) is 5.73 Å². The molecule has 1 aliphatic heterocycles. The quantitative estimate of drug-likeness (QED) is 0.802. The lowest BCUT2D eigenvalue weighted by atomic mass is 10.2. The molecule has 1 heterocycles. The molecule has 12 heteroatoms. The maximum Gasteiger partial charge on any atom is 0.416 e. The summed E-state index contributed by atoms with van der Waals surface area (Å²) in [7, 11) is -4.20. The Morgan fingerprint density at radius 1 is 1.20 bits per heavy atom. The first kappa shape index (κ1) is 22.0. The zero-order chi connectivity index (χ0) is 18.1. The van der Waals surface area contributed by atoms with E-state index in [0.717, 1.165) is 16.4 Å². The second-order valence-corrected chi connectivity index (χ2v) is 7.45. The Hall–Kier alpha value is -1.07. The summed E-state index contributed by atoms with van der Waals surface area (Å²) in [4.78, 5) is 12.3. The van der Waals surface area contributed by atoms with Gasteiger partial charge in [0.15, 0.2) is 0 Å². The van der Waals surface area contributed by atoms with Crippen LogP contribution in [0.5, 0.6) is 0 Å². The van der Waals surface area contributed by atoms with Gasteiger partial charge in [0.2, 0.25) is 15.9 Å². The van der Waals surface area contributed by atoms with Crippen molar-refractivity contribution in [3.8, 4) is 0 Å². The van der Waals surface area contributed by atoms with Crippen LogP contribution in [0.2, 0.25) is 5.02 Å². The van der Waals surface area contributed by atoms with Gasteiger partial charge in [0.1, 0.15) is 4.90 Å². The lowest BCUT2D eigenvalue weighted by Crippen LogP contribution is -2.51. The van der Waals surface area contributed by atoms with Crippen LogP contribution in [0.4, 0.5) is 13.2 Å². The molecule has 0 spiro atoms. The van der Waals surface area contributed by atoms with Crippen LogP contribution >= 0.6 is 24.0 Å². The summed E-state index contributed by atoms with van der Waals surface area (Å²) in [6.45, 7) is -0.0365. The van der Waals surface area contributed by atoms with E-state index in [2.05, 4.69) is 0 Å². The summed E-state index contributed by atoms with van der Waals surface area (Å²) in [5.41, 5.74) is 4.15. The number of carbonyl (C=O) groups excluding carboxylic acids is 1. The van der Waals surface area contributed by atoms with Crippen molar-refractivity contribution in [1.82, 2.24) is 9.21 Å². The second-order valence-electron chi connectivity index (χ2n) is 5.13. The van der Waals surface area contributed by atoms with Gasteiger partial charge in [0.25, 0.3) is 0 Å². The molecule has 1 amide bonds. The minimum Gasteiger partial charge on any atom is -0.339 e. The maximum atomic E-state index is 12.8. The Labute approximate surface area is 154 Å². The Balaban J connectivity index is 0.00000312. The summed E-state index contributed by atoms with van der Waals surface area (Å²) in [5.74, 6) is -0.316. The topological polar surface area (TPSA) is 83.7 Å². The zero-order valence-corrected chi connectivity index (χ0v) is 15.2. The molecular weight excluding hydrogens is 406 g/mol. The van der Waals surface area contributed by atoms with Gasteiger partial charge < -0.3 is 10.6 Å². The van der Waals surface area contributed by atoms with Crippen LogP contribution in [0.25, 0.3) is 0 Å². The summed E-state index contributed by atoms with van der Waals surface area (Å²) in [6, 6.07) is 2.15. The molecule has 0 bridgehead atoms. The van der Waals surface area contributed by atoms with Gasteiger partial charge in [0.05, 0.1) is 17.1 Å². The lowest BCUT2D eigenvalue weighted by molar-refractivity contribution is -0.137. The van der Waals surface area contributed by atoms with E-state index in [9.17, 15) is 26.4 Å². The van der Waals surface area contributed by atoms with E-state index in [4.69, 9.17) is 17.3 Å². The van der Waals surface area contributed by atoms with Gasteiger partial charge in [-0.1, -0.05) is 11.6 Å².